The van der Waals surface area contributed by atoms with Crippen molar-refractivity contribution in [2.75, 3.05) is 11.3 Å². The third-order valence-electron chi connectivity index (χ3n) is 5.00. The van der Waals surface area contributed by atoms with Crippen LogP contribution in [0.5, 0.6) is 5.75 Å². The van der Waals surface area contributed by atoms with Gasteiger partial charge >= 0.3 is 0 Å². The van der Waals surface area contributed by atoms with Crippen LogP contribution in [0.15, 0.2) is 87.8 Å². The molecule has 8 nitrogen and oxygen atoms in total. The predicted octanol–water partition coefficient (Wildman–Crippen LogP) is 4.64. The molecule has 1 aliphatic heterocycles. The van der Waals surface area contributed by atoms with E-state index in [0.29, 0.717) is 28.2 Å². The first-order chi connectivity index (χ1) is 16.9. The number of dihydropyridines is 1. The van der Waals surface area contributed by atoms with Crippen molar-refractivity contribution in [2.24, 2.45) is 0 Å². The summed E-state index contributed by atoms with van der Waals surface area (Å²) in [6, 6.07) is 7.92. The van der Waals surface area contributed by atoms with E-state index in [4.69, 9.17) is 9.15 Å². The van der Waals surface area contributed by atoms with E-state index in [1.54, 1.807) is 23.6 Å². The molecule has 2 N–H and O–H groups in total. The minimum absolute atomic E-state index is 0.156. The molecule has 0 saturated carbocycles. The van der Waals surface area contributed by atoms with Gasteiger partial charge in [-0.25, -0.2) is 22.8 Å². The van der Waals surface area contributed by atoms with E-state index in [1.165, 1.54) is 43.1 Å². The number of nitrogens with zero attached hydrogens (tertiary/aromatic N) is 2. The Kier molecular flexibility index (Phi) is 6.05. The fourth-order valence-corrected chi connectivity index (χ4v) is 5.13. The fraction of sp³-hybridized carbons (Fsp3) is 0.0435. The zero-order chi connectivity index (χ0) is 24.4. The van der Waals surface area contributed by atoms with Crippen LogP contribution in [-0.4, -0.2) is 24.9 Å². The number of allylic oxidation sites excluding steroid dienone is 2. The monoisotopic (exact) mass is 514 g/mol. The quantitative estimate of drug-likeness (QED) is 0.346. The molecule has 178 valence electrons. The van der Waals surface area contributed by atoms with Crippen molar-refractivity contribution in [1.29, 1.82) is 0 Å². The summed E-state index contributed by atoms with van der Waals surface area (Å²) in [5, 5.41) is 4.94. The molecule has 0 fully saturated rings. The molecule has 35 heavy (non-hydrogen) atoms. The molecule has 0 saturated heterocycles. The summed E-state index contributed by atoms with van der Waals surface area (Å²) in [7, 11) is -4.02. The third kappa shape index (κ3) is 4.93. The van der Waals surface area contributed by atoms with Gasteiger partial charge in [0.15, 0.2) is 16.7 Å². The maximum atomic E-state index is 14.9. The molecule has 3 aromatic heterocycles. The number of benzene rings is 1. The van der Waals surface area contributed by atoms with Gasteiger partial charge in [-0.15, -0.1) is 11.3 Å². The number of hydrogen-bond acceptors (Lipinski definition) is 8. The maximum absolute atomic E-state index is 14.9. The molecular formula is C23H16F2N4O4S2. The summed E-state index contributed by atoms with van der Waals surface area (Å²) in [4.78, 5) is 7.27. The summed E-state index contributed by atoms with van der Waals surface area (Å²) >= 11 is 1.10. The topological polar surface area (TPSA) is 106 Å². The van der Waals surface area contributed by atoms with Gasteiger partial charge < -0.3 is 14.5 Å². The summed E-state index contributed by atoms with van der Waals surface area (Å²) in [6.45, 7) is 0.175. The van der Waals surface area contributed by atoms with Crippen molar-refractivity contribution in [3.63, 3.8) is 0 Å². The Bertz CT molecular complexity index is 1520. The lowest BCUT2D eigenvalue weighted by Gasteiger charge is -2.22. The van der Waals surface area contributed by atoms with Crippen molar-refractivity contribution in [3.8, 4) is 5.75 Å². The predicted molar refractivity (Wildman–Crippen MR) is 126 cm³/mol. The molecule has 0 aliphatic carbocycles. The maximum Gasteiger partial charge on any atom is 0.263 e. The first kappa shape index (κ1) is 22.7. The van der Waals surface area contributed by atoms with Gasteiger partial charge in [0, 0.05) is 40.2 Å². The molecule has 4 heterocycles. The molecule has 4 aromatic rings. The molecule has 0 bridgehead atoms. The molecule has 5 rings (SSSR count). The lowest BCUT2D eigenvalue weighted by Crippen LogP contribution is -2.23. The second kappa shape index (κ2) is 9.31. The van der Waals surface area contributed by atoms with E-state index in [-0.39, 0.29) is 22.3 Å². The number of pyridine rings is 1. The summed E-state index contributed by atoms with van der Waals surface area (Å²) in [5.74, 6) is -1.23. The number of ether oxygens (including phenoxy) is 1. The van der Waals surface area contributed by atoms with E-state index in [1.807, 2.05) is 0 Å². The summed E-state index contributed by atoms with van der Waals surface area (Å²) < 4.78 is 66.5. The van der Waals surface area contributed by atoms with Crippen LogP contribution >= 0.6 is 11.3 Å². The Morgan fingerprint density at radius 1 is 1.11 bits per heavy atom. The highest BCUT2D eigenvalue weighted by molar-refractivity contribution is 7.93. The number of rotatable bonds is 7. The Labute approximate surface area is 202 Å². The second-order valence-electron chi connectivity index (χ2n) is 7.27. The van der Waals surface area contributed by atoms with Gasteiger partial charge in [0.2, 0.25) is 5.95 Å². The Hall–Kier alpha value is -4.03. The molecular weight excluding hydrogens is 498 g/mol. The van der Waals surface area contributed by atoms with Gasteiger partial charge in [-0.3, -0.25) is 4.72 Å². The minimum Gasteiger partial charge on any atom is -0.472 e. The van der Waals surface area contributed by atoms with Gasteiger partial charge in [0.1, 0.15) is 5.76 Å². The molecule has 0 radical (unpaired) electrons. The molecule has 0 spiro atoms. The normalized spacial score (nSPS) is 13.8. The molecule has 0 amide bonds. The number of halogens is 2. The average molecular weight is 515 g/mol. The van der Waals surface area contributed by atoms with Crippen LogP contribution in [0.25, 0.3) is 11.3 Å². The van der Waals surface area contributed by atoms with Crippen LogP contribution in [0, 0.1) is 11.8 Å². The van der Waals surface area contributed by atoms with Crippen LogP contribution in [0.2, 0.25) is 0 Å². The number of aromatic nitrogens is 2. The number of hydrogen-bond donors (Lipinski definition) is 2. The van der Waals surface area contributed by atoms with Crippen LogP contribution < -0.4 is 14.8 Å². The number of thiazole rings is 1. The number of furan rings is 1. The molecule has 0 unspecified atom stereocenters. The van der Waals surface area contributed by atoms with E-state index in [9.17, 15) is 17.2 Å². The zero-order valence-corrected chi connectivity index (χ0v) is 19.4. The zero-order valence-electron chi connectivity index (χ0n) is 17.7. The van der Waals surface area contributed by atoms with Crippen LogP contribution in [0.3, 0.4) is 0 Å². The Morgan fingerprint density at radius 3 is 2.69 bits per heavy atom. The first-order valence-corrected chi connectivity index (χ1v) is 12.5. The highest BCUT2D eigenvalue weighted by Gasteiger charge is 2.22. The third-order valence-corrected chi connectivity index (χ3v) is 7.15. The number of sulfonamides is 1. The van der Waals surface area contributed by atoms with Crippen LogP contribution in [0.1, 0.15) is 11.1 Å². The average Bonchev–Trinajstić information content (AvgIpc) is 3.55. The van der Waals surface area contributed by atoms with Crippen molar-refractivity contribution in [1.82, 2.24) is 15.3 Å². The SMILES string of the molecule is O=S(=O)(Nc1nccs1)c1ccc(OC2=C(c3ccoc3)C=C(c3ccc(F)nc3)NC2)c(F)c1. The van der Waals surface area contributed by atoms with Crippen LogP contribution in [0.4, 0.5) is 13.9 Å². The van der Waals surface area contributed by atoms with Crippen molar-refractivity contribution in [2.45, 2.75) is 4.90 Å². The Morgan fingerprint density at radius 2 is 2.00 bits per heavy atom. The van der Waals surface area contributed by atoms with Crippen LogP contribution in [-0.2, 0) is 10.0 Å². The summed E-state index contributed by atoms with van der Waals surface area (Å²) in [5.41, 5.74) is 2.61. The first-order valence-electron chi connectivity index (χ1n) is 10.1. The van der Waals surface area contributed by atoms with E-state index in [0.717, 1.165) is 17.4 Å². The lowest BCUT2D eigenvalue weighted by atomic mass is 10.0. The van der Waals surface area contributed by atoms with Crippen molar-refractivity contribution < 1.29 is 26.4 Å². The highest BCUT2D eigenvalue weighted by Crippen LogP contribution is 2.31. The molecule has 1 aromatic carbocycles. The van der Waals surface area contributed by atoms with E-state index < -0.39 is 21.8 Å². The van der Waals surface area contributed by atoms with Gasteiger partial charge in [-0.05, 0) is 42.5 Å². The van der Waals surface area contributed by atoms with Gasteiger partial charge in [-0.2, -0.15) is 4.39 Å². The largest absolute Gasteiger partial charge is 0.472 e. The fourth-order valence-electron chi connectivity index (χ4n) is 3.33. The number of anilines is 1. The van der Waals surface area contributed by atoms with Crippen molar-refractivity contribution >= 4 is 37.8 Å². The minimum atomic E-state index is -4.02. The molecule has 12 heteroatoms. The Balaban J connectivity index is 1.46. The van der Waals surface area contributed by atoms with E-state index in [2.05, 4.69) is 20.0 Å². The molecule has 0 atom stereocenters. The van der Waals surface area contributed by atoms with Gasteiger partial charge in [0.25, 0.3) is 10.0 Å². The van der Waals surface area contributed by atoms with Gasteiger partial charge in [0.05, 0.1) is 24.0 Å². The lowest BCUT2D eigenvalue weighted by molar-refractivity contribution is 0.386. The number of nitrogens with one attached hydrogen (secondary N) is 2. The smallest absolute Gasteiger partial charge is 0.263 e. The standard InChI is InChI=1S/C23H16F2N4O4S2/c24-18-9-16(35(30,31)29-23-26-6-8-34-23)2-3-20(18)33-21-12-27-19(14-1-4-22(25)28-11-14)10-17(21)15-5-7-32-13-15/h1-11,13,27H,12H2,(H,26,29). The molecule has 1 aliphatic rings. The second-order valence-corrected chi connectivity index (χ2v) is 9.84. The summed E-state index contributed by atoms with van der Waals surface area (Å²) in [6.07, 6.45) is 7.61. The van der Waals surface area contributed by atoms with Gasteiger partial charge in [-0.1, -0.05) is 0 Å². The highest BCUT2D eigenvalue weighted by atomic mass is 32.2. The van der Waals surface area contributed by atoms with E-state index >= 15 is 0 Å². The van der Waals surface area contributed by atoms with Crippen molar-refractivity contribution in [3.05, 3.63) is 101 Å².